The Kier molecular flexibility index (Phi) is 3.58. The Morgan fingerprint density at radius 2 is 1.65 bits per heavy atom. The van der Waals surface area contributed by atoms with E-state index in [1.54, 1.807) is 0 Å². The van der Waals surface area contributed by atoms with Gasteiger partial charge in [-0.25, -0.2) is 0 Å². The number of hydrogen-bond acceptors (Lipinski definition) is 0. The van der Waals surface area contributed by atoms with Gasteiger partial charge >= 0.3 is 0 Å². The lowest BCUT2D eigenvalue weighted by molar-refractivity contribution is 0.398. The van der Waals surface area contributed by atoms with Gasteiger partial charge in [0.05, 0.1) is 0 Å². The Morgan fingerprint density at radius 3 is 2.29 bits per heavy atom. The standard InChI is InChI=1S/C16H19Br/c1-16(2,3)15(17)11-12-8-9-13-6-4-5-7-14(13)10-12/h4-10,15H,11H2,1-3H3. The molecule has 90 valence electrons. The zero-order valence-electron chi connectivity index (χ0n) is 10.7. The van der Waals surface area contributed by atoms with Crippen molar-refractivity contribution in [2.75, 3.05) is 0 Å². The summed E-state index contributed by atoms with van der Waals surface area (Å²) < 4.78 is 0. The van der Waals surface area contributed by atoms with Crippen LogP contribution in [0.3, 0.4) is 0 Å². The maximum absolute atomic E-state index is 3.80. The Morgan fingerprint density at radius 1 is 1.00 bits per heavy atom. The minimum absolute atomic E-state index is 0.297. The molecule has 17 heavy (non-hydrogen) atoms. The minimum atomic E-state index is 0.297. The van der Waals surface area contributed by atoms with Gasteiger partial charge in [0.2, 0.25) is 0 Å². The van der Waals surface area contributed by atoms with Gasteiger partial charge in [-0.3, -0.25) is 0 Å². The molecule has 2 aromatic rings. The Bertz CT molecular complexity index is 508. The van der Waals surface area contributed by atoms with Crippen molar-refractivity contribution in [1.29, 1.82) is 0 Å². The normalized spacial score (nSPS) is 13.9. The number of rotatable bonds is 2. The Labute approximate surface area is 112 Å². The summed E-state index contributed by atoms with van der Waals surface area (Å²) in [5.74, 6) is 0. The van der Waals surface area contributed by atoms with Crippen molar-refractivity contribution >= 4 is 26.7 Å². The van der Waals surface area contributed by atoms with Crippen molar-refractivity contribution in [1.82, 2.24) is 0 Å². The maximum Gasteiger partial charge on any atom is 0.0234 e. The van der Waals surface area contributed by atoms with Crippen LogP contribution < -0.4 is 0 Å². The second-order valence-corrected chi connectivity index (χ2v) is 6.82. The fourth-order valence-electron chi connectivity index (χ4n) is 1.88. The minimum Gasteiger partial charge on any atom is -0.0881 e. The molecule has 0 aromatic heterocycles. The van der Waals surface area contributed by atoms with Crippen molar-refractivity contribution in [3.8, 4) is 0 Å². The van der Waals surface area contributed by atoms with E-state index in [1.165, 1.54) is 16.3 Å². The third-order valence-electron chi connectivity index (χ3n) is 3.17. The summed E-state index contributed by atoms with van der Waals surface area (Å²) in [6.07, 6.45) is 1.08. The predicted molar refractivity (Wildman–Crippen MR) is 79.8 cm³/mol. The summed E-state index contributed by atoms with van der Waals surface area (Å²) in [5, 5.41) is 2.65. The lowest BCUT2D eigenvalue weighted by Gasteiger charge is -2.25. The van der Waals surface area contributed by atoms with E-state index in [9.17, 15) is 0 Å². The molecule has 0 heterocycles. The van der Waals surface area contributed by atoms with E-state index in [2.05, 4.69) is 79.2 Å². The predicted octanol–water partition coefficient (Wildman–Crippen LogP) is 5.19. The summed E-state index contributed by atoms with van der Waals surface area (Å²) in [4.78, 5) is 0.510. The van der Waals surface area contributed by atoms with Gasteiger partial charge in [0, 0.05) is 4.83 Å². The number of hydrogen-bond donors (Lipinski definition) is 0. The topological polar surface area (TPSA) is 0 Å². The Hall–Kier alpha value is -0.820. The van der Waals surface area contributed by atoms with E-state index in [1.807, 2.05) is 0 Å². The lowest BCUT2D eigenvalue weighted by atomic mass is 9.88. The van der Waals surface area contributed by atoms with Crippen molar-refractivity contribution in [2.45, 2.75) is 32.0 Å². The van der Waals surface area contributed by atoms with Gasteiger partial charge in [-0.05, 0) is 28.2 Å². The van der Waals surface area contributed by atoms with Gasteiger partial charge in [-0.2, -0.15) is 0 Å². The van der Waals surface area contributed by atoms with Crippen molar-refractivity contribution in [3.05, 3.63) is 48.0 Å². The summed E-state index contributed by atoms with van der Waals surface area (Å²) >= 11 is 3.80. The molecule has 0 aliphatic rings. The number of benzene rings is 2. The SMILES string of the molecule is CC(C)(C)C(Br)Cc1ccc2ccccc2c1. The van der Waals surface area contributed by atoms with E-state index in [0.717, 1.165) is 6.42 Å². The molecule has 0 N–H and O–H groups in total. The quantitative estimate of drug-likeness (QED) is 0.668. The second kappa shape index (κ2) is 4.81. The molecular weight excluding hydrogens is 272 g/mol. The largest absolute Gasteiger partial charge is 0.0881 e. The molecule has 0 saturated carbocycles. The molecule has 0 saturated heterocycles. The van der Waals surface area contributed by atoms with Gasteiger partial charge in [-0.1, -0.05) is 79.2 Å². The average molecular weight is 291 g/mol. The first-order valence-electron chi connectivity index (χ1n) is 6.08. The summed E-state index contributed by atoms with van der Waals surface area (Å²) in [6, 6.07) is 15.3. The lowest BCUT2D eigenvalue weighted by Crippen LogP contribution is -2.22. The summed E-state index contributed by atoms with van der Waals surface area (Å²) in [5.41, 5.74) is 1.70. The highest BCUT2D eigenvalue weighted by Crippen LogP contribution is 2.29. The van der Waals surface area contributed by atoms with Crippen LogP contribution in [0.1, 0.15) is 26.3 Å². The molecule has 1 atom stereocenters. The summed E-state index contributed by atoms with van der Waals surface area (Å²) in [7, 11) is 0. The average Bonchev–Trinajstić information content (AvgIpc) is 2.27. The molecule has 0 spiro atoms. The van der Waals surface area contributed by atoms with Crippen LogP contribution in [0.25, 0.3) is 10.8 Å². The fraction of sp³-hybridized carbons (Fsp3) is 0.375. The number of halogens is 1. The molecule has 0 nitrogen and oxygen atoms in total. The molecule has 0 bridgehead atoms. The highest BCUT2D eigenvalue weighted by Gasteiger charge is 2.21. The van der Waals surface area contributed by atoms with Gasteiger partial charge in [0.15, 0.2) is 0 Å². The monoisotopic (exact) mass is 290 g/mol. The molecule has 0 radical (unpaired) electrons. The maximum atomic E-state index is 3.80. The molecule has 0 aliphatic heterocycles. The molecule has 0 aliphatic carbocycles. The third kappa shape index (κ3) is 3.10. The third-order valence-corrected chi connectivity index (χ3v) is 4.87. The fourth-order valence-corrected chi connectivity index (χ4v) is 2.25. The van der Waals surface area contributed by atoms with Crippen LogP contribution in [0, 0.1) is 5.41 Å². The zero-order valence-corrected chi connectivity index (χ0v) is 12.3. The zero-order chi connectivity index (χ0) is 12.5. The van der Waals surface area contributed by atoms with E-state index >= 15 is 0 Å². The molecule has 1 heteroatoms. The molecule has 0 fully saturated rings. The molecule has 2 rings (SSSR count). The van der Waals surface area contributed by atoms with E-state index < -0.39 is 0 Å². The molecule has 0 amide bonds. The van der Waals surface area contributed by atoms with Crippen LogP contribution in [0.5, 0.6) is 0 Å². The molecular formula is C16H19Br. The van der Waals surface area contributed by atoms with Crippen molar-refractivity contribution in [3.63, 3.8) is 0 Å². The van der Waals surface area contributed by atoms with Crippen molar-refractivity contribution < 1.29 is 0 Å². The van der Waals surface area contributed by atoms with Gasteiger partial charge in [0.25, 0.3) is 0 Å². The molecule has 1 unspecified atom stereocenters. The smallest absolute Gasteiger partial charge is 0.0234 e. The van der Waals surface area contributed by atoms with Crippen LogP contribution in [0.2, 0.25) is 0 Å². The van der Waals surface area contributed by atoms with Crippen LogP contribution in [-0.4, -0.2) is 4.83 Å². The highest BCUT2D eigenvalue weighted by molar-refractivity contribution is 9.09. The highest BCUT2D eigenvalue weighted by atomic mass is 79.9. The van der Waals surface area contributed by atoms with Crippen LogP contribution in [-0.2, 0) is 6.42 Å². The first-order chi connectivity index (χ1) is 7.97. The number of fused-ring (bicyclic) bond motifs is 1. The second-order valence-electron chi connectivity index (χ2n) is 5.72. The van der Waals surface area contributed by atoms with Crippen molar-refractivity contribution in [2.24, 2.45) is 5.41 Å². The van der Waals surface area contributed by atoms with Crippen LogP contribution in [0.4, 0.5) is 0 Å². The molecule has 2 aromatic carbocycles. The van der Waals surface area contributed by atoms with E-state index in [4.69, 9.17) is 0 Å². The Balaban J connectivity index is 2.25. The van der Waals surface area contributed by atoms with E-state index in [-0.39, 0.29) is 0 Å². The van der Waals surface area contributed by atoms with Gasteiger partial charge < -0.3 is 0 Å². The van der Waals surface area contributed by atoms with E-state index in [0.29, 0.717) is 10.2 Å². The first-order valence-corrected chi connectivity index (χ1v) is 7.00. The first kappa shape index (κ1) is 12.6. The van der Waals surface area contributed by atoms with Gasteiger partial charge in [-0.15, -0.1) is 0 Å². The summed E-state index contributed by atoms with van der Waals surface area (Å²) in [6.45, 7) is 6.81. The number of alkyl halides is 1. The van der Waals surface area contributed by atoms with Crippen LogP contribution >= 0.6 is 15.9 Å². The van der Waals surface area contributed by atoms with Gasteiger partial charge in [0.1, 0.15) is 0 Å². The van der Waals surface area contributed by atoms with Crippen LogP contribution in [0.15, 0.2) is 42.5 Å².